The van der Waals surface area contributed by atoms with Crippen LogP contribution in [0.25, 0.3) is 0 Å². The number of hydrogen-bond donors (Lipinski definition) is 2. The Morgan fingerprint density at radius 3 is 3.00 bits per heavy atom. The third kappa shape index (κ3) is 1.29. The van der Waals surface area contributed by atoms with Gasteiger partial charge in [0.25, 0.3) is 5.82 Å². The normalized spacial score (nSPS) is 10.0. The molecule has 1 rings (SSSR count). The van der Waals surface area contributed by atoms with Crippen molar-refractivity contribution in [2.45, 2.75) is 13.5 Å². The fourth-order valence-electron chi connectivity index (χ4n) is 0.793. The number of aliphatic hydroxyl groups excluding tert-OH is 1. The highest BCUT2D eigenvalue weighted by Crippen LogP contribution is 1.79. The minimum atomic E-state index is 0.198. The summed E-state index contributed by atoms with van der Waals surface area (Å²) in [7, 11) is 0. The first-order valence-corrected chi connectivity index (χ1v) is 2.99. The van der Waals surface area contributed by atoms with E-state index in [4.69, 9.17) is 5.11 Å². The third-order valence-electron chi connectivity index (χ3n) is 1.32. The molecule has 50 valence electrons. The van der Waals surface area contributed by atoms with Gasteiger partial charge in [-0.05, 0) is 0 Å². The zero-order valence-electron chi connectivity index (χ0n) is 5.46. The van der Waals surface area contributed by atoms with Crippen LogP contribution in [-0.4, -0.2) is 16.7 Å². The SMILES string of the molecule is Cc1[nH]cc[n+]1CCO. The van der Waals surface area contributed by atoms with Crippen molar-refractivity contribution >= 4 is 0 Å². The molecule has 0 spiro atoms. The molecule has 0 aliphatic heterocycles. The van der Waals surface area contributed by atoms with E-state index in [9.17, 15) is 0 Å². The van der Waals surface area contributed by atoms with Gasteiger partial charge in [-0.1, -0.05) is 0 Å². The third-order valence-corrected chi connectivity index (χ3v) is 1.32. The van der Waals surface area contributed by atoms with E-state index >= 15 is 0 Å². The van der Waals surface area contributed by atoms with Crippen molar-refractivity contribution in [2.75, 3.05) is 6.61 Å². The fraction of sp³-hybridized carbons (Fsp3) is 0.500. The highest BCUT2D eigenvalue weighted by molar-refractivity contribution is 4.70. The number of H-pyrrole nitrogens is 1. The van der Waals surface area contributed by atoms with Crippen molar-refractivity contribution in [3.05, 3.63) is 18.2 Å². The van der Waals surface area contributed by atoms with E-state index in [1.807, 2.05) is 23.9 Å². The van der Waals surface area contributed by atoms with Crippen LogP contribution in [0.1, 0.15) is 5.82 Å². The Morgan fingerprint density at radius 1 is 1.78 bits per heavy atom. The molecule has 2 N–H and O–H groups in total. The van der Waals surface area contributed by atoms with Crippen molar-refractivity contribution in [3.8, 4) is 0 Å². The monoisotopic (exact) mass is 127 g/mol. The summed E-state index contributed by atoms with van der Waals surface area (Å²) in [6, 6.07) is 0. The Kier molecular flexibility index (Phi) is 1.85. The Hall–Kier alpha value is -0.830. The smallest absolute Gasteiger partial charge is 0.251 e. The molecule has 0 amide bonds. The van der Waals surface area contributed by atoms with E-state index in [1.54, 1.807) is 0 Å². The van der Waals surface area contributed by atoms with Crippen molar-refractivity contribution in [2.24, 2.45) is 0 Å². The van der Waals surface area contributed by atoms with Crippen LogP contribution in [0.2, 0.25) is 0 Å². The van der Waals surface area contributed by atoms with E-state index in [2.05, 4.69) is 4.98 Å². The molecule has 0 radical (unpaired) electrons. The average Bonchev–Trinajstić information content (AvgIpc) is 2.18. The fourth-order valence-corrected chi connectivity index (χ4v) is 0.793. The number of aliphatic hydroxyl groups is 1. The number of aromatic amines is 1. The van der Waals surface area contributed by atoms with Crippen LogP contribution in [0, 0.1) is 6.92 Å². The Balaban J connectivity index is 2.69. The van der Waals surface area contributed by atoms with Gasteiger partial charge in [0.15, 0.2) is 0 Å². The minimum absolute atomic E-state index is 0.198. The first-order chi connectivity index (χ1) is 4.34. The molecule has 1 heterocycles. The van der Waals surface area contributed by atoms with Gasteiger partial charge in [0.2, 0.25) is 0 Å². The highest BCUT2D eigenvalue weighted by Gasteiger charge is 2.00. The van der Waals surface area contributed by atoms with Crippen LogP contribution >= 0.6 is 0 Å². The number of aryl methyl sites for hydroxylation is 1. The summed E-state index contributed by atoms with van der Waals surface area (Å²) in [5, 5.41) is 8.53. The Morgan fingerprint density at radius 2 is 2.56 bits per heavy atom. The molecule has 3 nitrogen and oxygen atoms in total. The zero-order chi connectivity index (χ0) is 6.69. The second-order valence-corrected chi connectivity index (χ2v) is 1.96. The van der Waals surface area contributed by atoms with Crippen molar-refractivity contribution < 1.29 is 9.67 Å². The number of imidazole rings is 1. The van der Waals surface area contributed by atoms with E-state index in [0.29, 0.717) is 6.54 Å². The molecule has 0 saturated heterocycles. The van der Waals surface area contributed by atoms with Crippen LogP contribution in [0.15, 0.2) is 12.4 Å². The van der Waals surface area contributed by atoms with Gasteiger partial charge >= 0.3 is 0 Å². The van der Waals surface area contributed by atoms with E-state index < -0.39 is 0 Å². The average molecular weight is 127 g/mol. The lowest BCUT2D eigenvalue weighted by atomic mass is 10.6. The van der Waals surface area contributed by atoms with Crippen LogP contribution in [-0.2, 0) is 6.54 Å². The van der Waals surface area contributed by atoms with Crippen LogP contribution < -0.4 is 4.57 Å². The van der Waals surface area contributed by atoms with Gasteiger partial charge in [-0.2, -0.15) is 0 Å². The summed E-state index contributed by atoms with van der Waals surface area (Å²) in [5.74, 6) is 1.07. The molecule has 9 heavy (non-hydrogen) atoms. The second-order valence-electron chi connectivity index (χ2n) is 1.96. The Bertz CT molecular complexity index is 183. The Labute approximate surface area is 54.0 Å². The van der Waals surface area contributed by atoms with Crippen molar-refractivity contribution in [1.29, 1.82) is 0 Å². The van der Waals surface area contributed by atoms with Gasteiger partial charge in [0, 0.05) is 6.92 Å². The van der Waals surface area contributed by atoms with Gasteiger partial charge in [0.1, 0.15) is 18.9 Å². The number of rotatable bonds is 2. The number of nitrogens with zero attached hydrogens (tertiary/aromatic N) is 1. The molecular weight excluding hydrogens is 116 g/mol. The van der Waals surface area contributed by atoms with Crippen LogP contribution in [0.3, 0.4) is 0 Å². The number of aromatic nitrogens is 2. The minimum Gasteiger partial charge on any atom is -0.392 e. The van der Waals surface area contributed by atoms with Crippen molar-refractivity contribution in [1.82, 2.24) is 4.98 Å². The van der Waals surface area contributed by atoms with Crippen LogP contribution in [0.4, 0.5) is 0 Å². The van der Waals surface area contributed by atoms with Gasteiger partial charge < -0.3 is 5.11 Å². The van der Waals surface area contributed by atoms with E-state index in [1.165, 1.54) is 0 Å². The largest absolute Gasteiger partial charge is 0.392 e. The summed E-state index contributed by atoms with van der Waals surface area (Å²) in [4.78, 5) is 3.01. The summed E-state index contributed by atoms with van der Waals surface area (Å²) in [6.45, 7) is 2.84. The maximum Gasteiger partial charge on any atom is 0.251 e. The molecule has 3 heteroatoms. The topological polar surface area (TPSA) is 39.9 Å². The predicted molar refractivity (Wildman–Crippen MR) is 32.8 cm³/mol. The lowest BCUT2D eigenvalue weighted by Crippen LogP contribution is -2.36. The number of nitrogens with one attached hydrogen (secondary N) is 1. The number of hydrogen-bond acceptors (Lipinski definition) is 1. The van der Waals surface area contributed by atoms with Gasteiger partial charge in [-0.15, -0.1) is 0 Å². The molecule has 0 atom stereocenters. The molecular formula is C6H11N2O+. The summed E-state index contributed by atoms with van der Waals surface area (Å²) < 4.78 is 1.96. The summed E-state index contributed by atoms with van der Waals surface area (Å²) >= 11 is 0. The quantitative estimate of drug-likeness (QED) is 0.521. The maximum atomic E-state index is 8.53. The van der Waals surface area contributed by atoms with Gasteiger partial charge in [-0.25, -0.2) is 9.55 Å². The molecule has 1 aromatic rings. The van der Waals surface area contributed by atoms with Crippen LogP contribution in [0.5, 0.6) is 0 Å². The molecule has 0 saturated carbocycles. The summed E-state index contributed by atoms with van der Waals surface area (Å²) in [5.41, 5.74) is 0. The van der Waals surface area contributed by atoms with E-state index in [0.717, 1.165) is 5.82 Å². The zero-order valence-corrected chi connectivity index (χ0v) is 5.46. The maximum absolute atomic E-state index is 8.53. The first-order valence-electron chi connectivity index (χ1n) is 2.99. The molecule has 0 aromatic carbocycles. The van der Waals surface area contributed by atoms with Crippen molar-refractivity contribution in [3.63, 3.8) is 0 Å². The first kappa shape index (κ1) is 6.29. The second kappa shape index (κ2) is 2.64. The molecule has 0 fully saturated rings. The molecule has 0 unspecified atom stereocenters. The van der Waals surface area contributed by atoms with E-state index in [-0.39, 0.29) is 6.61 Å². The molecule has 0 aliphatic carbocycles. The standard InChI is InChI=1S/C6H10N2O/c1-6-7-2-3-8(6)4-5-9/h2-3,9H,4-5H2,1H3/p+1. The summed E-state index contributed by atoms with van der Waals surface area (Å²) in [6.07, 6.45) is 3.76. The lowest BCUT2D eigenvalue weighted by Gasteiger charge is -1.90. The molecule has 0 bridgehead atoms. The highest BCUT2D eigenvalue weighted by atomic mass is 16.3. The molecule has 1 aromatic heterocycles. The van der Waals surface area contributed by atoms with Gasteiger partial charge in [-0.3, -0.25) is 0 Å². The predicted octanol–water partition coefficient (Wildman–Crippen LogP) is -0.397. The van der Waals surface area contributed by atoms with Gasteiger partial charge in [0.05, 0.1) is 6.61 Å². The molecule has 0 aliphatic rings. The lowest BCUT2D eigenvalue weighted by molar-refractivity contribution is -0.702.